The maximum atomic E-state index is 12.0. The normalized spacial score (nSPS) is 10.2. The number of ether oxygens (including phenoxy) is 1. The molecule has 0 unspecified atom stereocenters. The summed E-state index contributed by atoms with van der Waals surface area (Å²) >= 11 is 0. The molecule has 0 atom stereocenters. The number of amides is 1. The highest BCUT2D eigenvalue weighted by Gasteiger charge is 2.04. The first-order valence-electron chi connectivity index (χ1n) is 7.02. The van der Waals surface area contributed by atoms with Crippen LogP contribution in [0, 0.1) is 0 Å². The summed E-state index contributed by atoms with van der Waals surface area (Å²) in [4.78, 5) is 12.0. The molecule has 0 aliphatic heterocycles. The number of anilines is 1. The molecule has 3 N–H and O–H groups in total. The Morgan fingerprint density at radius 2 is 1.67 bits per heavy atom. The number of nitrogens with two attached hydrogens (primary N) is 1. The van der Waals surface area contributed by atoms with E-state index in [1.807, 2.05) is 55.5 Å². The maximum Gasteiger partial charge on any atom is 0.228 e. The molecule has 0 heterocycles. The minimum absolute atomic E-state index is 0.0420. The van der Waals surface area contributed by atoms with Crippen molar-refractivity contribution in [1.29, 1.82) is 0 Å². The first kappa shape index (κ1) is 15.1. The summed E-state index contributed by atoms with van der Waals surface area (Å²) in [5.41, 5.74) is 8.34. The van der Waals surface area contributed by atoms with Gasteiger partial charge in [-0.15, -0.1) is 0 Å². The summed E-state index contributed by atoms with van der Waals surface area (Å²) in [7, 11) is 0. The topological polar surface area (TPSA) is 64.3 Å². The molecule has 0 aliphatic carbocycles. The molecule has 0 fully saturated rings. The van der Waals surface area contributed by atoms with Crippen LogP contribution in [0.2, 0.25) is 0 Å². The summed E-state index contributed by atoms with van der Waals surface area (Å²) < 4.78 is 5.36. The molecule has 0 radical (unpaired) electrons. The van der Waals surface area contributed by atoms with Crippen LogP contribution in [0.4, 0.5) is 5.69 Å². The van der Waals surface area contributed by atoms with E-state index in [4.69, 9.17) is 10.5 Å². The molecule has 0 aliphatic rings. The van der Waals surface area contributed by atoms with Crippen molar-refractivity contribution >= 4 is 11.6 Å². The van der Waals surface area contributed by atoms with Gasteiger partial charge in [-0.25, -0.2) is 0 Å². The lowest BCUT2D eigenvalue weighted by molar-refractivity contribution is -0.115. The molecule has 0 bridgehead atoms. The van der Waals surface area contributed by atoms with Crippen LogP contribution in [0.25, 0.3) is 0 Å². The lowest BCUT2D eigenvalue weighted by atomic mass is 10.1. The van der Waals surface area contributed by atoms with Crippen LogP contribution in [-0.4, -0.2) is 12.5 Å². The van der Waals surface area contributed by atoms with E-state index in [2.05, 4.69) is 5.32 Å². The van der Waals surface area contributed by atoms with Crippen LogP contribution < -0.4 is 15.8 Å². The van der Waals surface area contributed by atoms with Crippen molar-refractivity contribution in [2.24, 2.45) is 5.73 Å². The second-order valence-corrected chi connectivity index (χ2v) is 4.70. The number of carbonyl (C=O) groups excluding carboxylic acids is 1. The lowest BCUT2D eigenvalue weighted by Crippen LogP contribution is -2.14. The highest BCUT2D eigenvalue weighted by Crippen LogP contribution is 2.16. The summed E-state index contributed by atoms with van der Waals surface area (Å²) in [5, 5.41) is 2.87. The molecule has 0 spiro atoms. The van der Waals surface area contributed by atoms with Crippen LogP contribution >= 0.6 is 0 Å². The van der Waals surface area contributed by atoms with E-state index in [9.17, 15) is 4.79 Å². The first-order valence-corrected chi connectivity index (χ1v) is 7.02. The Morgan fingerprint density at radius 1 is 1.05 bits per heavy atom. The van der Waals surface area contributed by atoms with Crippen molar-refractivity contribution in [3.05, 3.63) is 59.7 Å². The molecule has 2 rings (SSSR count). The highest BCUT2D eigenvalue weighted by atomic mass is 16.5. The zero-order valence-corrected chi connectivity index (χ0v) is 12.1. The number of benzene rings is 2. The fourth-order valence-corrected chi connectivity index (χ4v) is 1.98. The first-order chi connectivity index (χ1) is 10.2. The van der Waals surface area contributed by atoms with Crippen molar-refractivity contribution < 1.29 is 9.53 Å². The third kappa shape index (κ3) is 4.61. The third-order valence-corrected chi connectivity index (χ3v) is 3.07. The summed E-state index contributed by atoms with van der Waals surface area (Å²) in [6.07, 6.45) is 0.345. The van der Waals surface area contributed by atoms with Crippen molar-refractivity contribution in [1.82, 2.24) is 0 Å². The Labute approximate surface area is 124 Å². The molecule has 0 aromatic heterocycles. The molecule has 2 aromatic rings. The van der Waals surface area contributed by atoms with Crippen LogP contribution in [-0.2, 0) is 17.8 Å². The van der Waals surface area contributed by atoms with Crippen LogP contribution in [0.1, 0.15) is 18.1 Å². The zero-order valence-electron chi connectivity index (χ0n) is 12.1. The fourth-order valence-electron chi connectivity index (χ4n) is 1.98. The van der Waals surface area contributed by atoms with Crippen molar-refractivity contribution in [2.75, 3.05) is 11.9 Å². The molecule has 1 amide bonds. The summed E-state index contributed by atoms with van der Waals surface area (Å²) in [6.45, 7) is 3.08. The average Bonchev–Trinajstić information content (AvgIpc) is 2.50. The number of carbonyl (C=O) groups is 1. The fraction of sp³-hybridized carbons (Fsp3) is 0.235. The van der Waals surface area contributed by atoms with Gasteiger partial charge in [0.25, 0.3) is 0 Å². The van der Waals surface area contributed by atoms with E-state index in [1.54, 1.807) is 0 Å². The van der Waals surface area contributed by atoms with Gasteiger partial charge >= 0.3 is 0 Å². The third-order valence-electron chi connectivity index (χ3n) is 3.07. The summed E-state index contributed by atoms with van der Waals surface area (Å²) in [6, 6.07) is 15.1. The van der Waals surface area contributed by atoms with Crippen LogP contribution in [0.5, 0.6) is 5.75 Å². The van der Waals surface area contributed by atoms with E-state index in [0.717, 1.165) is 22.6 Å². The predicted octanol–water partition coefficient (Wildman–Crippen LogP) is 2.73. The monoisotopic (exact) mass is 284 g/mol. The van der Waals surface area contributed by atoms with E-state index >= 15 is 0 Å². The van der Waals surface area contributed by atoms with Crippen LogP contribution in [0.15, 0.2) is 48.5 Å². The molecule has 4 nitrogen and oxygen atoms in total. The maximum absolute atomic E-state index is 12.0. The molecule has 21 heavy (non-hydrogen) atoms. The average molecular weight is 284 g/mol. The quantitative estimate of drug-likeness (QED) is 0.857. The number of hydrogen-bond donors (Lipinski definition) is 2. The Kier molecular flexibility index (Phi) is 5.35. The zero-order chi connectivity index (χ0) is 15.1. The van der Waals surface area contributed by atoms with Gasteiger partial charge in [0.05, 0.1) is 13.0 Å². The van der Waals surface area contributed by atoms with Gasteiger partial charge in [0.15, 0.2) is 0 Å². The van der Waals surface area contributed by atoms with Gasteiger partial charge in [-0.05, 0) is 42.3 Å². The van der Waals surface area contributed by atoms with Crippen molar-refractivity contribution in [3.8, 4) is 5.75 Å². The minimum atomic E-state index is -0.0420. The Bertz CT molecular complexity index is 577. The number of hydrogen-bond acceptors (Lipinski definition) is 3. The molecule has 110 valence electrons. The van der Waals surface area contributed by atoms with Gasteiger partial charge in [-0.1, -0.05) is 24.3 Å². The number of nitrogens with one attached hydrogen (secondary N) is 1. The van der Waals surface area contributed by atoms with Gasteiger partial charge < -0.3 is 15.8 Å². The lowest BCUT2D eigenvalue weighted by Gasteiger charge is -2.07. The molecular formula is C17H20N2O2. The standard InChI is InChI=1S/C17H20N2O2/c1-2-21-16-9-7-15(8-10-16)19-17(20)11-13-3-5-14(12-18)6-4-13/h3-10H,2,11-12,18H2,1H3,(H,19,20). The molecular weight excluding hydrogens is 264 g/mol. The van der Waals surface area contributed by atoms with Crippen molar-refractivity contribution in [2.45, 2.75) is 19.9 Å². The van der Waals surface area contributed by atoms with Gasteiger partial charge in [0, 0.05) is 12.2 Å². The van der Waals surface area contributed by atoms with E-state index < -0.39 is 0 Å². The molecule has 4 heteroatoms. The van der Waals surface area contributed by atoms with E-state index in [1.165, 1.54) is 0 Å². The largest absolute Gasteiger partial charge is 0.494 e. The highest BCUT2D eigenvalue weighted by molar-refractivity contribution is 5.92. The van der Waals surface area contributed by atoms with Gasteiger partial charge in [-0.2, -0.15) is 0 Å². The van der Waals surface area contributed by atoms with E-state index in [-0.39, 0.29) is 5.91 Å². The Balaban J connectivity index is 1.91. The van der Waals surface area contributed by atoms with Crippen molar-refractivity contribution in [3.63, 3.8) is 0 Å². The van der Waals surface area contributed by atoms with Crippen LogP contribution in [0.3, 0.4) is 0 Å². The molecule has 0 saturated carbocycles. The van der Waals surface area contributed by atoms with Gasteiger partial charge in [0.2, 0.25) is 5.91 Å². The summed E-state index contributed by atoms with van der Waals surface area (Å²) in [5.74, 6) is 0.757. The Hall–Kier alpha value is -2.33. The predicted molar refractivity (Wildman–Crippen MR) is 84.3 cm³/mol. The van der Waals surface area contributed by atoms with Gasteiger partial charge in [-0.3, -0.25) is 4.79 Å². The molecule has 2 aromatic carbocycles. The second kappa shape index (κ2) is 7.45. The SMILES string of the molecule is CCOc1ccc(NC(=O)Cc2ccc(CN)cc2)cc1. The minimum Gasteiger partial charge on any atom is -0.494 e. The second-order valence-electron chi connectivity index (χ2n) is 4.70. The number of rotatable bonds is 6. The smallest absolute Gasteiger partial charge is 0.228 e. The molecule has 0 saturated heterocycles. The van der Waals surface area contributed by atoms with Gasteiger partial charge in [0.1, 0.15) is 5.75 Å². The Morgan fingerprint density at radius 3 is 2.24 bits per heavy atom. The van der Waals surface area contributed by atoms with E-state index in [0.29, 0.717) is 19.6 Å².